The van der Waals surface area contributed by atoms with Gasteiger partial charge in [-0.15, -0.1) is 0 Å². The molecule has 0 fully saturated rings. The van der Waals surface area contributed by atoms with Crippen molar-refractivity contribution in [3.63, 3.8) is 0 Å². The maximum absolute atomic E-state index is 6.45. The summed E-state index contributed by atoms with van der Waals surface area (Å²) in [5.74, 6) is 0. The van der Waals surface area contributed by atoms with Crippen LogP contribution in [0.4, 0.5) is 0 Å². The molecule has 0 aliphatic heterocycles. The molecule has 0 aromatic heterocycles. The molecule has 6 heteroatoms. The first-order valence-electron chi connectivity index (χ1n) is 21.7. The summed E-state index contributed by atoms with van der Waals surface area (Å²) in [6, 6.07) is 0. The van der Waals surface area contributed by atoms with E-state index in [9.17, 15) is 0 Å². The third-order valence-electron chi connectivity index (χ3n) is 10.0. The van der Waals surface area contributed by atoms with Gasteiger partial charge in [-0.25, -0.2) is 4.67 Å². The number of rotatable bonds is 40. The van der Waals surface area contributed by atoms with E-state index in [1.165, 1.54) is 199 Å². The van der Waals surface area contributed by atoms with Crippen molar-refractivity contribution in [2.24, 2.45) is 0 Å². The van der Waals surface area contributed by atoms with E-state index >= 15 is 0 Å². The standard InChI is InChI=1S/C42H90NO2P2S/c1-7-9-11-13-15-17-19-21-23-25-27-29-31-33-35-37-40-44-47(48,43(3)39-42-46(4,5)6)45-41-38-36-34-32-30-28-26-24-22-20-18-16-14-12-10-8-2/h7-42H2,1-6H3/q+1. The van der Waals surface area contributed by atoms with Crippen molar-refractivity contribution in [3.8, 4) is 0 Å². The topological polar surface area (TPSA) is 21.7 Å². The van der Waals surface area contributed by atoms with Gasteiger partial charge >= 0.3 is 0 Å². The van der Waals surface area contributed by atoms with Crippen molar-refractivity contribution >= 4 is 25.7 Å². The molecular weight excluding hydrogens is 644 g/mol. The van der Waals surface area contributed by atoms with Crippen LogP contribution in [0.5, 0.6) is 0 Å². The van der Waals surface area contributed by atoms with Crippen LogP contribution in [0.25, 0.3) is 0 Å². The van der Waals surface area contributed by atoms with E-state index in [4.69, 9.17) is 20.9 Å². The van der Waals surface area contributed by atoms with Gasteiger partial charge in [0.2, 0.25) is 0 Å². The SMILES string of the molecule is CCCCCCCCCCCCCCCCCCOP(=S)(OCCCCCCCCCCCCCCCCCC)N(C)CC[P+](C)(C)C. The van der Waals surface area contributed by atoms with E-state index in [1.54, 1.807) is 0 Å². The summed E-state index contributed by atoms with van der Waals surface area (Å²) in [5, 5.41) is 0. The third-order valence-corrected chi connectivity index (χ3v) is 15.1. The smallest absolute Gasteiger partial charge is 0.263 e. The molecular formula is C42H90NO2P2S+. The van der Waals surface area contributed by atoms with Gasteiger partial charge in [-0.3, -0.25) is 0 Å². The summed E-state index contributed by atoms with van der Waals surface area (Å²) in [6.07, 6.45) is 45.7. The van der Waals surface area contributed by atoms with Gasteiger partial charge in [0.15, 0.2) is 0 Å². The predicted molar refractivity (Wildman–Crippen MR) is 227 cm³/mol. The Kier molecular flexibility index (Phi) is 37.1. The lowest BCUT2D eigenvalue weighted by Gasteiger charge is -2.31. The van der Waals surface area contributed by atoms with Gasteiger partial charge in [-0.1, -0.05) is 206 Å². The van der Waals surface area contributed by atoms with Gasteiger partial charge in [0, 0.05) is 33.8 Å². The second-order valence-electron chi connectivity index (χ2n) is 16.1. The first-order chi connectivity index (χ1) is 23.2. The molecule has 48 heavy (non-hydrogen) atoms. The number of unbranched alkanes of at least 4 members (excludes halogenated alkanes) is 30. The Morgan fingerprint density at radius 3 is 0.875 bits per heavy atom. The highest BCUT2D eigenvalue weighted by molar-refractivity contribution is 8.08. The van der Waals surface area contributed by atoms with Gasteiger partial charge in [0.25, 0.3) is 6.64 Å². The van der Waals surface area contributed by atoms with E-state index < -0.39 is 13.9 Å². The molecule has 3 nitrogen and oxygen atoms in total. The van der Waals surface area contributed by atoms with Crippen molar-refractivity contribution in [2.75, 3.05) is 53.0 Å². The normalized spacial score (nSPS) is 12.5. The summed E-state index contributed by atoms with van der Waals surface area (Å²) in [6.45, 7) is 12.0. The quantitative estimate of drug-likeness (QED) is 0.0461. The minimum atomic E-state index is -2.39. The zero-order valence-electron chi connectivity index (χ0n) is 34.0. The highest BCUT2D eigenvalue weighted by Gasteiger charge is 2.28. The highest BCUT2D eigenvalue weighted by atomic mass is 32.5. The van der Waals surface area contributed by atoms with Gasteiger partial charge in [-0.05, 0) is 31.7 Å². The molecule has 290 valence electrons. The lowest BCUT2D eigenvalue weighted by Crippen LogP contribution is -2.23. The fourth-order valence-electron chi connectivity index (χ4n) is 6.46. The van der Waals surface area contributed by atoms with Crippen LogP contribution in [0.15, 0.2) is 0 Å². The molecule has 0 N–H and O–H groups in total. The number of hydrogen-bond donors (Lipinski definition) is 0. The Morgan fingerprint density at radius 2 is 0.646 bits per heavy atom. The van der Waals surface area contributed by atoms with Crippen LogP contribution in [-0.2, 0) is 20.9 Å². The Hall–Kier alpha value is 0.960. The fourth-order valence-corrected chi connectivity index (χ4v) is 9.75. The Balaban J connectivity index is 3.95. The largest absolute Gasteiger partial charge is 0.318 e. The minimum Gasteiger partial charge on any atom is -0.318 e. The van der Waals surface area contributed by atoms with Gasteiger partial charge < -0.3 is 9.05 Å². The van der Waals surface area contributed by atoms with Gasteiger partial charge in [-0.2, -0.15) is 0 Å². The molecule has 0 aliphatic carbocycles. The van der Waals surface area contributed by atoms with Gasteiger partial charge in [0.05, 0.1) is 19.4 Å². The molecule has 0 saturated carbocycles. The van der Waals surface area contributed by atoms with E-state index in [1.807, 2.05) is 0 Å². The van der Waals surface area contributed by atoms with Crippen LogP contribution in [0, 0.1) is 0 Å². The average molecular weight is 735 g/mol. The van der Waals surface area contributed by atoms with Crippen molar-refractivity contribution in [1.29, 1.82) is 0 Å². The van der Waals surface area contributed by atoms with Crippen LogP contribution >= 0.6 is 13.9 Å². The van der Waals surface area contributed by atoms with Crippen molar-refractivity contribution in [2.45, 2.75) is 219 Å². The Bertz CT molecular complexity index is 645. The first-order valence-corrected chi connectivity index (χ1v) is 27.6. The van der Waals surface area contributed by atoms with Gasteiger partial charge in [0.1, 0.15) is 0 Å². The lowest BCUT2D eigenvalue weighted by molar-refractivity contribution is 0.204. The second kappa shape index (κ2) is 36.3. The molecule has 0 bridgehead atoms. The summed E-state index contributed by atoms with van der Waals surface area (Å²) in [4.78, 5) is 0. The molecule has 0 aromatic rings. The second-order valence-corrected chi connectivity index (χ2v) is 24.7. The molecule has 0 radical (unpaired) electrons. The van der Waals surface area contributed by atoms with Crippen LogP contribution in [-0.4, -0.2) is 57.6 Å². The maximum atomic E-state index is 6.45. The Labute approximate surface area is 310 Å². The maximum Gasteiger partial charge on any atom is 0.263 e. The minimum absolute atomic E-state index is 0.754. The van der Waals surface area contributed by atoms with E-state index in [2.05, 4.69) is 45.6 Å². The summed E-state index contributed by atoms with van der Waals surface area (Å²) in [5.41, 5.74) is 0. The molecule has 0 atom stereocenters. The molecule has 0 aliphatic rings. The van der Waals surface area contributed by atoms with Crippen molar-refractivity contribution in [1.82, 2.24) is 4.67 Å². The van der Waals surface area contributed by atoms with Crippen LogP contribution in [0.2, 0.25) is 0 Å². The average Bonchev–Trinajstić information content (AvgIpc) is 3.06. The molecule has 0 saturated heterocycles. The van der Waals surface area contributed by atoms with Crippen LogP contribution in [0.3, 0.4) is 0 Å². The molecule has 0 aromatic carbocycles. The van der Waals surface area contributed by atoms with Crippen LogP contribution in [0.1, 0.15) is 219 Å². The predicted octanol–water partition coefficient (Wildman–Crippen LogP) is 15.6. The third kappa shape index (κ3) is 35.4. The fraction of sp³-hybridized carbons (Fsp3) is 1.00. The Morgan fingerprint density at radius 1 is 0.417 bits per heavy atom. The van der Waals surface area contributed by atoms with Crippen molar-refractivity contribution < 1.29 is 9.05 Å². The molecule has 0 amide bonds. The zero-order chi connectivity index (χ0) is 35.4. The first kappa shape index (κ1) is 49.0. The van der Waals surface area contributed by atoms with Crippen LogP contribution < -0.4 is 0 Å². The molecule has 0 rings (SSSR count). The molecule has 0 heterocycles. The number of nitrogens with zero attached hydrogens (tertiary/aromatic N) is 1. The summed E-state index contributed by atoms with van der Waals surface area (Å²) in [7, 11) is 1.30. The zero-order valence-corrected chi connectivity index (χ0v) is 36.6. The lowest BCUT2D eigenvalue weighted by atomic mass is 10.0. The highest BCUT2D eigenvalue weighted by Crippen LogP contribution is 2.54. The monoisotopic (exact) mass is 735 g/mol. The van der Waals surface area contributed by atoms with E-state index in [0.717, 1.165) is 32.6 Å². The summed E-state index contributed by atoms with van der Waals surface area (Å²) < 4.78 is 15.2. The van der Waals surface area contributed by atoms with Crippen molar-refractivity contribution in [3.05, 3.63) is 0 Å². The molecule has 0 spiro atoms. The summed E-state index contributed by atoms with van der Waals surface area (Å²) >= 11 is 6.14. The van der Waals surface area contributed by atoms with E-state index in [0.29, 0.717) is 0 Å². The van der Waals surface area contributed by atoms with E-state index in [-0.39, 0.29) is 0 Å². The number of hydrogen-bond acceptors (Lipinski definition) is 3. The molecule has 0 unspecified atom stereocenters.